The molecular formula is C16H19N5O. The average Bonchev–Trinajstić information content (AvgIpc) is 2.98. The van der Waals surface area contributed by atoms with Gasteiger partial charge >= 0.3 is 0 Å². The van der Waals surface area contributed by atoms with Crippen LogP contribution in [0.2, 0.25) is 0 Å². The molecule has 0 aliphatic rings. The van der Waals surface area contributed by atoms with E-state index in [2.05, 4.69) is 27.3 Å². The third-order valence-electron chi connectivity index (χ3n) is 3.44. The first-order valence-corrected chi connectivity index (χ1v) is 7.46. The maximum absolute atomic E-state index is 8.96. The van der Waals surface area contributed by atoms with Crippen LogP contribution in [0, 0.1) is 0 Å². The summed E-state index contributed by atoms with van der Waals surface area (Å²) >= 11 is 0. The fraction of sp³-hybridized carbons (Fsp3) is 0.312. The molecule has 2 aromatic heterocycles. The van der Waals surface area contributed by atoms with Crippen LogP contribution < -0.4 is 5.32 Å². The molecule has 0 aliphatic carbocycles. The Morgan fingerprint density at radius 2 is 2.00 bits per heavy atom. The lowest BCUT2D eigenvalue weighted by molar-refractivity contribution is 0.299. The van der Waals surface area contributed by atoms with E-state index in [0.29, 0.717) is 12.2 Å². The largest absolute Gasteiger partial charge is 0.396 e. The van der Waals surface area contributed by atoms with Crippen molar-refractivity contribution in [3.05, 3.63) is 47.9 Å². The topological polar surface area (TPSA) is 75.3 Å². The van der Waals surface area contributed by atoms with E-state index >= 15 is 0 Å². The third-order valence-corrected chi connectivity index (χ3v) is 3.44. The molecule has 0 bridgehead atoms. The van der Waals surface area contributed by atoms with Gasteiger partial charge in [-0.25, -0.2) is 4.98 Å². The van der Waals surface area contributed by atoms with Crippen LogP contribution in [-0.4, -0.2) is 31.3 Å². The van der Waals surface area contributed by atoms with Crippen LogP contribution in [0.25, 0.3) is 5.78 Å². The zero-order chi connectivity index (χ0) is 15.4. The molecule has 3 aromatic rings. The first-order chi connectivity index (χ1) is 10.8. The molecule has 0 unspecified atom stereocenters. The van der Waals surface area contributed by atoms with Crippen molar-refractivity contribution in [3.63, 3.8) is 0 Å². The highest BCUT2D eigenvalue weighted by Gasteiger charge is 2.07. The fourth-order valence-corrected chi connectivity index (χ4v) is 2.37. The molecule has 0 amide bonds. The molecule has 2 heterocycles. The van der Waals surface area contributed by atoms with Crippen molar-refractivity contribution in [2.75, 3.05) is 11.9 Å². The van der Waals surface area contributed by atoms with E-state index in [0.717, 1.165) is 35.6 Å². The SMILES string of the molecule is CCCc1cc(Nc2ccc(CCO)cc2)n2ncnc2n1. The summed E-state index contributed by atoms with van der Waals surface area (Å²) in [6.45, 7) is 2.29. The number of fused-ring (bicyclic) bond motifs is 1. The highest BCUT2D eigenvalue weighted by molar-refractivity contribution is 5.59. The van der Waals surface area contributed by atoms with Crippen molar-refractivity contribution < 1.29 is 5.11 Å². The Balaban J connectivity index is 1.90. The Bertz CT molecular complexity index is 751. The molecule has 0 saturated carbocycles. The standard InChI is InChI=1S/C16H19N5O/c1-2-3-14-10-15(21-16(20-14)17-11-18-21)19-13-6-4-12(5-7-13)8-9-22/h4-7,10-11,19,22H,2-3,8-9H2,1H3. The predicted molar refractivity (Wildman–Crippen MR) is 85.3 cm³/mol. The van der Waals surface area contributed by atoms with E-state index in [1.165, 1.54) is 6.33 Å². The summed E-state index contributed by atoms with van der Waals surface area (Å²) in [5.41, 5.74) is 3.08. The minimum Gasteiger partial charge on any atom is -0.396 e. The van der Waals surface area contributed by atoms with Gasteiger partial charge < -0.3 is 10.4 Å². The number of nitrogens with zero attached hydrogens (tertiary/aromatic N) is 4. The van der Waals surface area contributed by atoms with E-state index in [4.69, 9.17) is 5.11 Å². The Labute approximate surface area is 128 Å². The van der Waals surface area contributed by atoms with Gasteiger partial charge in [0.05, 0.1) is 0 Å². The number of aliphatic hydroxyl groups is 1. The molecule has 0 atom stereocenters. The van der Waals surface area contributed by atoms with Gasteiger partial charge in [-0.15, -0.1) is 0 Å². The molecular weight excluding hydrogens is 278 g/mol. The second-order valence-corrected chi connectivity index (χ2v) is 5.15. The third kappa shape index (κ3) is 3.07. The first kappa shape index (κ1) is 14.5. The van der Waals surface area contributed by atoms with Crippen molar-refractivity contribution in [2.24, 2.45) is 0 Å². The summed E-state index contributed by atoms with van der Waals surface area (Å²) in [5, 5.41) is 16.5. The maximum Gasteiger partial charge on any atom is 0.254 e. The Kier molecular flexibility index (Phi) is 4.29. The lowest BCUT2D eigenvalue weighted by Crippen LogP contribution is -2.04. The van der Waals surface area contributed by atoms with E-state index in [9.17, 15) is 0 Å². The normalized spacial score (nSPS) is 11.0. The number of aromatic nitrogens is 4. The summed E-state index contributed by atoms with van der Waals surface area (Å²) in [7, 11) is 0. The van der Waals surface area contributed by atoms with Crippen molar-refractivity contribution in [1.82, 2.24) is 19.6 Å². The summed E-state index contributed by atoms with van der Waals surface area (Å²) in [4.78, 5) is 8.66. The molecule has 0 aliphatic heterocycles. The summed E-state index contributed by atoms with van der Waals surface area (Å²) in [6, 6.07) is 10.0. The van der Waals surface area contributed by atoms with Crippen LogP contribution in [0.5, 0.6) is 0 Å². The summed E-state index contributed by atoms with van der Waals surface area (Å²) in [6.07, 6.45) is 4.12. The Morgan fingerprint density at radius 1 is 1.18 bits per heavy atom. The number of anilines is 2. The molecule has 2 N–H and O–H groups in total. The van der Waals surface area contributed by atoms with Crippen molar-refractivity contribution in [1.29, 1.82) is 0 Å². The smallest absolute Gasteiger partial charge is 0.254 e. The van der Waals surface area contributed by atoms with E-state index in [1.54, 1.807) is 4.52 Å². The number of nitrogens with one attached hydrogen (secondary N) is 1. The van der Waals surface area contributed by atoms with Gasteiger partial charge in [-0.3, -0.25) is 0 Å². The highest BCUT2D eigenvalue weighted by Crippen LogP contribution is 2.19. The minimum atomic E-state index is 0.164. The van der Waals surface area contributed by atoms with Gasteiger partial charge in [-0.2, -0.15) is 14.6 Å². The van der Waals surface area contributed by atoms with Gasteiger partial charge in [-0.1, -0.05) is 25.5 Å². The zero-order valence-electron chi connectivity index (χ0n) is 12.5. The molecule has 0 spiro atoms. The molecule has 22 heavy (non-hydrogen) atoms. The number of benzene rings is 1. The number of hydrogen-bond acceptors (Lipinski definition) is 5. The number of aryl methyl sites for hydroxylation is 1. The second-order valence-electron chi connectivity index (χ2n) is 5.15. The van der Waals surface area contributed by atoms with Gasteiger partial charge in [0.25, 0.3) is 5.78 Å². The van der Waals surface area contributed by atoms with Gasteiger partial charge in [0.15, 0.2) is 0 Å². The van der Waals surface area contributed by atoms with Crippen LogP contribution in [-0.2, 0) is 12.8 Å². The van der Waals surface area contributed by atoms with E-state index in [1.807, 2.05) is 30.3 Å². The van der Waals surface area contributed by atoms with Gasteiger partial charge in [-0.05, 0) is 30.5 Å². The molecule has 1 aromatic carbocycles. The maximum atomic E-state index is 8.96. The summed E-state index contributed by atoms with van der Waals surface area (Å²) < 4.78 is 1.70. The quantitative estimate of drug-likeness (QED) is 0.730. The number of aliphatic hydroxyl groups excluding tert-OH is 1. The van der Waals surface area contributed by atoms with Gasteiger partial charge in [0.2, 0.25) is 0 Å². The molecule has 6 nitrogen and oxygen atoms in total. The van der Waals surface area contributed by atoms with Crippen LogP contribution in [0.1, 0.15) is 24.6 Å². The highest BCUT2D eigenvalue weighted by atomic mass is 16.2. The van der Waals surface area contributed by atoms with Crippen LogP contribution >= 0.6 is 0 Å². The Hall–Kier alpha value is -2.47. The predicted octanol–water partition coefficient (Wildman–Crippen LogP) is 2.36. The van der Waals surface area contributed by atoms with Gasteiger partial charge in [0, 0.05) is 24.1 Å². The Morgan fingerprint density at radius 3 is 2.73 bits per heavy atom. The van der Waals surface area contributed by atoms with Crippen LogP contribution in [0.3, 0.4) is 0 Å². The van der Waals surface area contributed by atoms with Crippen molar-refractivity contribution in [3.8, 4) is 0 Å². The molecule has 3 rings (SSSR count). The van der Waals surface area contributed by atoms with Crippen LogP contribution in [0.4, 0.5) is 11.5 Å². The van der Waals surface area contributed by atoms with Crippen molar-refractivity contribution >= 4 is 17.3 Å². The lowest BCUT2D eigenvalue weighted by Gasteiger charge is -2.10. The molecule has 0 fully saturated rings. The number of rotatable bonds is 6. The van der Waals surface area contributed by atoms with E-state index < -0.39 is 0 Å². The average molecular weight is 297 g/mol. The fourth-order valence-electron chi connectivity index (χ4n) is 2.37. The zero-order valence-corrected chi connectivity index (χ0v) is 12.5. The van der Waals surface area contributed by atoms with Crippen molar-refractivity contribution in [2.45, 2.75) is 26.2 Å². The molecule has 0 saturated heterocycles. The molecule has 6 heteroatoms. The summed E-state index contributed by atoms with van der Waals surface area (Å²) in [5.74, 6) is 1.45. The first-order valence-electron chi connectivity index (χ1n) is 7.46. The monoisotopic (exact) mass is 297 g/mol. The van der Waals surface area contributed by atoms with E-state index in [-0.39, 0.29) is 6.61 Å². The molecule has 114 valence electrons. The van der Waals surface area contributed by atoms with Crippen LogP contribution in [0.15, 0.2) is 36.7 Å². The lowest BCUT2D eigenvalue weighted by atomic mass is 10.1. The molecule has 0 radical (unpaired) electrons. The second kappa shape index (κ2) is 6.53. The van der Waals surface area contributed by atoms with Gasteiger partial charge in [0.1, 0.15) is 12.1 Å². The minimum absolute atomic E-state index is 0.164. The number of hydrogen-bond donors (Lipinski definition) is 2.